The minimum Gasteiger partial charge on any atom is -0.493 e. The number of ether oxygens (including phenoxy) is 3. The van der Waals surface area contributed by atoms with Crippen LogP contribution in [0.5, 0.6) is 23.1 Å². The van der Waals surface area contributed by atoms with E-state index in [1.54, 1.807) is 7.11 Å². The van der Waals surface area contributed by atoms with Crippen molar-refractivity contribution in [2.24, 2.45) is 0 Å². The lowest BCUT2D eigenvalue weighted by Gasteiger charge is -2.25. The van der Waals surface area contributed by atoms with Crippen LogP contribution in [0.3, 0.4) is 0 Å². The second-order valence-electron chi connectivity index (χ2n) is 9.52. The third-order valence-electron chi connectivity index (χ3n) is 6.69. The van der Waals surface area contributed by atoms with E-state index >= 15 is 0 Å². The Kier molecular flexibility index (Phi) is 8.26. The van der Waals surface area contributed by atoms with Gasteiger partial charge in [-0.15, -0.1) is 0 Å². The maximum atomic E-state index is 10.9. The molecule has 0 bridgehead atoms. The first kappa shape index (κ1) is 25.8. The van der Waals surface area contributed by atoms with Crippen molar-refractivity contribution in [1.29, 1.82) is 0 Å². The van der Waals surface area contributed by atoms with Crippen LogP contribution in [-0.2, 0) is 13.0 Å². The molecule has 4 aromatic rings. The van der Waals surface area contributed by atoms with Crippen LogP contribution >= 0.6 is 0 Å². The number of aryl methyl sites for hydroxylation is 1. The molecule has 0 radical (unpaired) electrons. The van der Waals surface area contributed by atoms with Crippen LogP contribution in [0.2, 0.25) is 0 Å². The third-order valence-corrected chi connectivity index (χ3v) is 6.69. The van der Waals surface area contributed by atoms with Gasteiger partial charge in [0, 0.05) is 19.1 Å². The molecule has 0 aliphatic heterocycles. The predicted molar refractivity (Wildman–Crippen MR) is 147 cm³/mol. The van der Waals surface area contributed by atoms with Crippen LogP contribution < -0.4 is 14.2 Å². The van der Waals surface area contributed by atoms with E-state index < -0.39 is 6.10 Å². The number of nitrogens with zero attached hydrogens (tertiary/aromatic N) is 3. The van der Waals surface area contributed by atoms with Crippen molar-refractivity contribution >= 4 is 0 Å². The van der Waals surface area contributed by atoms with Crippen molar-refractivity contribution in [3.8, 4) is 28.8 Å². The molecule has 1 unspecified atom stereocenters. The molecule has 1 aliphatic carbocycles. The zero-order valence-electron chi connectivity index (χ0n) is 22.0. The highest BCUT2D eigenvalue weighted by Crippen LogP contribution is 2.38. The number of aliphatic hydroxyl groups excluding tert-OH is 1. The Morgan fingerprint density at radius 1 is 0.947 bits per heavy atom. The molecule has 0 amide bonds. The summed E-state index contributed by atoms with van der Waals surface area (Å²) in [5.74, 6) is 2.71. The first-order valence-corrected chi connectivity index (χ1v) is 13.2. The predicted octanol–water partition coefficient (Wildman–Crippen LogP) is 5.64. The Labute approximate surface area is 224 Å². The Balaban J connectivity index is 1.43. The van der Waals surface area contributed by atoms with Crippen LogP contribution in [-0.4, -0.2) is 52.2 Å². The lowest BCUT2D eigenvalue weighted by Crippen LogP contribution is -2.37. The molecule has 0 spiro atoms. The van der Waals surface area contributed by atoms with Gasteiger partial charge in [0.2, 0.25) is 5.88 Å². The molecule has 198 valence electrons. The number of para-hydroxylation sites is 4. The summed E-state index contributed by atoms with van der Waals surface area (Å²) in [4.78, 5) is 2.33. The van der Waals surface area contributed by atoms with Crippen LogP contribution in [0.4, 0.5) is 0 Å². The maximum absolute atomic E-state index is 10.9. The van der Waals surface area contributed by atoms with Crippen molar-refractivity contribution in [3.05, 3.63) is 96.2 Å². The Hall–Kier alpha value is -3.81. The molecule has 1 heterocycles. The number of hydrogen-bond donors (Lipinski definition) is 1. The Bertz CT molecular complexity index is 1310. The standard InChI is InChI=1S/C31H35N3O4/c1-3-28-27(21-33(23-18-19-23)20-25(35)22-37-26-14-8-5-9-15-26)31(34(32-28)24-12-6-4-7-13-24)38-30-17-11-10-16-29(30)36-2/h4-17,23,25,35H,3,18-22H2,1-2H3. The average molecular weight is 514 g/mol. The summed E-state index contributed by atoms with van der Waals surface area (Å²) in [7, 11) is 1.64. The quantitative estimate of drug-likeness (QED) is 0.250. The van der Waals surface area contributed by atoms with E-state index in [0.717, 1.165) is 42.0 Å². The van der Waals surface area contributed by atoms with Crippen molar-refractivity contribution < 1.29 is 19.3 Å². The first-order chi connectivity index (χ1) is 18.7. The second-order valence-corrected chi connectivity index (χ2v) is 9.52. The fourth-order valence-corrected chi connectivity index (χ4v) is 4.60. The van der Waals surface area contributed by atoms with Crippen molar-refractivity contribution in [1.82, 2.24) is 14.7 Å². The number of rotatable bonds is 13. The highest BCUT2D eigenvalue weighted by Gasteiger charge is 2.33. The van der Waals surface area contributed by atoms with Gasteiger partial charge >= 0.3 is 0 Å². The van der Waals surface area contributed by atoms with Crippen LogP contribution in [0.1, 0.15) is 31.0 Å². The summed E-state index contributed by atoms with van der Waals surface area (Å²) in [6.45, 7) is 3.47. The molecule has 3 aromatic carbocycles. The fraction of sp³-hybridized carbons (Fsp3) is 0.323. The molecule has 1 N–H and O–H groups in total. The molecular formula is C31H35N3O4. The van der Waals surface area contributed by atoms with E-state index in [2.05, 4.69) is 11.8 Å². The largest absolute Gasteiger partial charge is 0.493 e. The third kappa shape index (κ3) is 6.18. The molecule has 7 nitrogen and oxygen atoms in total. The van der Waals surface area contributed by atoms with E-state index in [1.807, 2.05) is 89.6 Å². The van der Waals surface area contributed by atoms with Crippen LogP contribution in [0, 0.1) is 0 Å². The summed E-state index contributed by atoms with van der Waals surface area (Å²) in [6.07, 6.45) is 2.37. The highest BCUT2D eigenvalue weighted by molar-refractivity contribution is 5.47. The van der Waals surface area contributed by atoms with E-state index in [4.69, 9.17) is 19.3 Å². The monoisotopic (exact) mass is 513 g/mol. The maximum Gasteiger partial charge on any atom is 0.227 e. The SMILES string of the molecule is CCc1nn(-c2ccccc2)c(Oc2ccccc2OC)c1CN(CC(O)COc1ccccc1)C1CC1. The fourth-order valence-electron chi connectivity index (χ4n) is 4.60. The lowest BCUT2D eigenvalue weighted by atomic mass is 10.1. The van der Waals surface area contributed by atoms with Gasteiger partial charge in [0.15, 0.2) is 11.5 Å². The minimum atomic E-state index is -0.622. The van der Waals surface area contributed by atoms with Gasteiger partial charge < -0.3 is 19.3 Å². The summed E-state index contributed by atoms with van der Waals surface area (Å²) >= 11 is 0. The summed E-state index contributed by atoms with van der Waals surface area (Å²) in [5, 5.41) is 15.9. The summed E-state index contributed by atoms with van der Waals surface area (Å²) in [5.41, 5.74) is 2.91. The number of benzene rings is 3. The highest BCUT2D eigenvalue weighted by atomic mass is 16.5. The second kappa shape index (κ2) is 12.2. The molecule has 1 fully saturated rings. The number of aliphatic hydroxyl groups is 1. The van der Waals surface area contributed by atoms with E-state index in [9.17, 15) is 5.11 Å². The molecule has 1 aliphatic rings. The zero-order valence-corrected chi connectivity index (χ0v) is 22.0. The van der Waals surface area contributed by atoms with E-state index in [1.165, 1.54) is 0 Å². The van der Waals surface area contributed by atoms with Gasteiger partial charge in [0.05, 0.1) is 24.1 Å². The van der Waals surface area contributed by atoms with Crippen molar-refractivity contribution in [2.75, 3.05) is 20.3 Å². The normalized spacial score (nSPS) is 13.9. The smallest absolute Gasteiger partial charge is 0.227 e. The van der Waals surface area contributed by atoms with Crippen LogP contribution in [0.15, 0.2) is 84.9 Å². The van der Waals surface area contributed by atoms with Gasteiger partial charge in [-0.05, 0) is 55.7 Å². The lowest BCUT2D eigenvalue weighted by molar-refractivity contribution is 0.0623. The molecule has 1 atom stereocenters. The molecule has 1 aromatic heterocycles. The van der Waals surface area contributed by atoms with Crippen LogP contribution in [0.25, 0.3) is 5.69 Å². The van der Waals surface area contributed by atoms with Gasteiger partial charge in [0.25, 0.3) is 0 Å². The van der Waals surface area contributed by atoms with Crippen molar-refractivity contribution in [2.45, 2.75) is 44.9 Å². The average Bonchev–Trinajstić information content (AvgIpc) is 3.76. The van der Waals surface area contributed by atoms with E-state index in [0.29, 0.717) is 36.5 Å². The molecule has 0 saturated heterocycles. The summed E-state index contributed by atoms with van der Waals surface area (Å²) < 4.78 is 19.8. The minimum absolute atomic E-state index is 0.238. The topological polar surface area (TPSA) is 69.0 Å². The van der Waals surface area contributed by atoms with Gasteiger partial charge in [-0.1, -0.05) is 55.5 Å². The molecule has 1 saturated carbocycles. The molecule has 5 rings (SSSR count). The van der Waals surface area contributed by atoms with E-state index in [-0.39, 0.29) is 6.61 Å². The van der Waals surface area contributed by atoms with Gasteiger partial charge in [-0.2, -0.15) is 5.10 Å². The molecule has 38 heavy (non-hydrogen) atoms. The Morgan fingerprint density at radius 3 is 2.26 bits per heavy atom. The summed E-state index contributed by atoms with van der Waals surface area (Å²) in [6, 6.07) is 27.7. The van der Waals surface area contributed by atoms with Gasteiger partial charge in [-0.3, -0.25) is 4.90 Å². The molecular weight excluding hydrogens is 478 g/mol. The Morgan fingerprint density at radius 2 is 1.61 bits per heavy atom. The van der Waals surface area contributed by atoms with Crippen molar-refractivity contribution in [3.63, 3.8) is 0 Å². The number of methoxy groups -OCH3 is 1. The first-order valence-electron chi connectivity index (χ1n) is 13.2. The van der Waals surface area contributed by atoms with Gasteiger partial charge in [-0.25, -0.2) is 4.68 Å². The van der Waals surface area contributed by atoms with Gasteiger partial charge in [0.1, 0.15) is 18.5 Å². The zero-order chi connectivity index (χ0) is 26.3. The number of hydrogen-bond acceptors (Lipinski definition) is 6. The molecule has 7 heteroatoms. The number of aromatic nitrogens is 2.